The highest BCUT2D eigenvalue weighted by Gasteiger charge is 2.30. The quantitative estimate of drug-likeness (QED) is 0.866. The number of halogens is 1. The number of rotatable bonds is 5. The lowest BCUT2D eigenvalue weighted by atomic mass is 10.2. The molecule has 0 saturated heterocycles. The number of sulfonamides is 1. The third kappa shape index (κ3) is 3.77. The maximum absolute atomic E-state index is 13.9. The van der Waals surface area contributed by atoms with E-state index >= 15 is 0 Å². The Morgan fingerprint density at radius 3 is 2.62 bits per heavy atom. The average molecular weight is 349 g/mol. The molecule has 1 fully saturated rings. The largest absolute Gasteiger partial charge is 0.307 e. The molecular weight excluding hydrogens is 333 g/mol. The lowest BCUT2D eigenvalue weighted by molar-refractivity contribution is 0.102. The van der Waals surface area contributed by atoms with Gasteiger partial charge in [-0.15, -0.1) is 0 Å². The highest BCUT2D eigenvalue weighted by Crippen LogP contribution is 2.24. The molecule has 1 aliphatic rings. The molecule has 0 radical (unpaired) electrons. The van der Waals surface area contributed by atoms with Gasteiger partial charge in [-0.1, -0.05) is 6.07 Å². The normalized spacial score (nSPS) is 14.4. The smallest absolute Gasteiger partial charge is 0.256 e. The summed E-state index contributed by atoms with van der Waals surface area (Å²) in [4.78, 5) is 15.7. The summed E-state index contributed by atoms with van der Waals surface area (Å²) in [5.41, 5.74) is 0.976. The lowest BCUT2D eigenvalue weighted by Crippen LogP contribution is -2.27. The summed E-state index contributed by atoms with van der Waals surface area (Å²) in [5, 5.41) is 2.55. The van der Waals surface area contributed by atoms with Gasteiger partial charge in [0.25, 0.3) is 5.91 Å². The number of amides is 1. The Hall–Kier alpha value is -2.32. The first-order valence-corrected chi connectivity index (χ1v) is 8.89. The van der Waals surface area contributed by atoms with E-state index in [9.17, 15) is 17.6 Å². The van der Waals surface area contributed by atoms with Gasteiger partial charge in [0.1, 0.15) is 16.5 Å². The van der Waals surface area contributed by atoms with E-state index in [2.05, 4.69) is 15.0 Å². The molecule has 1 saturated carbocycles. The highest BCUT2D eigenvalue weighted by atomic mass is 32.2. The fraction of sp³-hybridized carbons (Fsp3) is 0.250. The monoisotopic (exact) mass is 349 g/mol. The van der Waals surface area contributed by atoms with Crippen molar-refractivity contribution in [3.05, 3.63) is 53.5 Å². The molecule has 0 aliphatic heterocycles. The Balaban J connectivity index is 1.84. The predicted octanol–water partition coefficient (Wildman–Crippen LogP) is 2.22. The number of carbonyl (C=O) groups is 1. The van der Waals surface area contributed by atoms with Gasteiger partial charge in [-0.3, -0.25) is 4.79 Å². The maximum atomic E-state index is 13.9. The topological polar surface area (TPSA) is 88.2 Å². The molecule has 0 bridgehead atoms. The number of hydrogen-bond donors (Lipinski definition) is 2. The summed E-state index contributed by atoms with van der Waals surface area (Å²) >= 11 is 0. The van der Waals surface area contributed by atoms with Gasteiger partial charge in [0, 0.05) is 17.8 Å². The standard InChI is InChI=1S/C16H16FN3O3S/c1-10-2-7-15(18-9-10)19-16(21)11-3-6-13(17)14(8-11)24(22,23)20-12-4-5-12/h2-3,6-9,12,20H,4-5H2,1H3,(H,18,19,21). The Kier molecular flexibility index (Phi) is 4.33. The fourth-order valence-electron chi connectivity index (χ4n) is 2.06. The minimum atomic E-state index is -3.98. The Morgan fingerprint density at radius 2 is 2.00 bits per heavy atom. The number of aryl methyl sites for hydroxylation is 1. The number of aromatic nitrogens is 1. The van der Waals surface area contributed by atoms with Crippen molar-refractivity contribution in [1.29, 1.82) is 0 Å². The number of carbonyl (C=O) groups excluding carboxylic acids is 1. The van der Waals surface area contributed by atoms with Crippen molar-refractivity contribution in [2.45, 2.75) is 30.7 Å². The van der Waals surface area contributed by atoms with Crippen LogP contribution in [0.1, 0.15) is 28.8 Å². The number of nitrogens with zero attached hydrogens (tertiary/aromatic N) is 1. The molecule has 6 nitrogen and oxygen atoms in total. The first kappa shape index (κ1) is 16.5. The summed E-state index contributed by atoms with van der Waals surface area (Å²) in [6, 6.07) is 6.49. The van der Waals surface area contributed by atoms with Gasteiger partial charge in [0.05, 0.1) is 0 Å². The molecule has 0 spiro atoms. The van der Waals surface area contributed by atoms with Crippen molar-refractivity contribution >= 4 is 21.7 Å². The van der Waals surface area contributed by atoms with E-state index in [1.54, 1.807) is 18.3 Å². The summed E-state index contributed by atoms with van der Waals surface area (Å²) in [6.45, 7) is 1.86. The number of benzene rings is 1. The Labute approximate surface area is 139 Å². The van der Waals surface area contributed by atoms with E-state index in [0.717, 1.165) is 30.5 Å². The van der Waals surface area contributed by atoms with Crippen LogP contribution in [0.5, 0.6) is 0 Å². The number of nitrogens with one attached hydrogen (secondary N) is 2. The molecule has 24 heavy (non-hydrogen) atoms. The van der Waals surface area contributed by atoms with Gasteiger partial charge >= 0.3 is 0 Å². The second-order valence-corrected chi connectivity index (χ2v) is 7.40. The van der Waals surface area contributed by atoms with Crippen molar-refractivity contribution in [3.8, 4) is 0 Å². The van der Waals surface area contributed by atoms with E-state index in [1.165, 1.54) is 6.07 Å². The first-order chi connectivity index (χ1) is 11.3. The molecule has 1 aromatic carbocycles. The van der Waals surface area contributed by atoms with Crippen molar-refractivity contribution in [2.24, 2.45) is 0 Å². The van der Waals surface area contributed by atoms with Gasteiger partial charge in [-0.25, -0.2) is 22.5 Å². The van der Waals surface area contributed by atoms with Gasteiger partial charge in [0.15, 0.2) is 0 Å². The maximum Gasteiger partial charge on any atom is 0.256 e. The van der Waals surface area contributed by atoms with Crippen molar-refractivity contribution < 1.29 is 17.6 Å². The first-order valence-electron chi connectivity index (χ1n) is 7.41. The molecule has 2 N–H and O–H groups in total. The van der Waals surface area contributed by atoms with Crippen molar-refractivity contribution in [2.75, 3.05) is 5.32 Å². The fourth-order valence-corrected chi connectivity index (χ4v) is 3.47. The van der Waals surface area contributed by atoms with E-state index in [-0.39, 0.29) is 11.6 Å². The zero-order chi connectivity index (χ0) is 17.3. The highest BCUT2D eigenvalue weighted by molar-refractivity contribution is 7.89. The zero-order valence-electron chi connectivity index (χ0n) is 12.9. The molecule has 1 aliphatic carbocycles. The van der Waals surface area contributed by atoms with E-state index in [4.69, 9.17) is 0 Å². The van der Waals surface area contributed by atoms with Crippen LogP contribution >= 0.6 is 0 Å². The third-order valence-electron chi connectivity index (χ3n) is 3.54. The molecular formula is C16H16FN3O3S. The van der Waals surface area contributed by atoms with Gasteiger partial charge in [0.2, 0.25) is 10.0 Å². The van der Waals surface area contributed by atoms with Crippen LogP contribution in [-0.2, 0) is 10.0 Å². The van der Waals surface area contributed by atoms with Crippen LogP contribution in [-0.4, -0.2) is 25.4 Å². The van der Waals surface area contributed by atoms with Gasteiger partial charge < -0.3 is 5.32 Å². The van der Waals surface area contributed by atoms with Crippen LogP contribution in [0.25, 0.3) is 0 Å². The summed E-state index contributed by atoms with van der Waals surface area (Å²) in [7, 11) is -3.98. The van der Waals surface area contributed by atoms with E-state index in [1.807, 2.05) is 6.92 Å². The van der Waals surface area contributed by atoms with Crippen molar-refractivity contribution in [3.63, 3.8) is 0 Å². The van der Waals surface area contributed by atoms with Crippen LogP contribution < -0.4 is 10.0 Å². The lowest BCUT2D eigenvalue weighted by Gasteiger charge is -2.09. The van der Waals surface area contributed by atoms with Gasteiger partial charge in [-0.05, 0) is 49.6 Å². The van der Waals surface area contributed by atoms with E-state index in [0.29, 0.717) is 5.82 Å². The second kappa shape index (κ2) is 6.29. The molecule has 0 unspecified atom stereocenters. The molecule has 8 heteroatoms. The predicted molar refractivity (Wildman–Crippen MR) is 86.7 cm³/mol. The zero-order valence-corrected chi connectivity index (χ0v) is 13.7. The van der Waals surface area contributed by atoms with Gasteiger partial charge in [-0.2, -0.15) is 0 Å². The molecule has 126 valence electrons. The van der Waals surface area contributed by atoms with Crippen LogP contribution in [0, 0.1) is 12.7 Å². The van der Waals surface area contributed by atoms with Crippen molar-refractivity contribution in [1.82, 2.24) is 9.71 Å². The second-order valence-electron chi connectivity index (χ2n) is 5.72. The average Bonchev–Trinajstić information content (AvgIpc) is 3.33. The molecule has 2 aromatic rings. The molecule has 3 rings (SSSR count). The molecule has 0 atom stereocenters. The SMILES string of the molecule is Cc1ccc(NC(=O)c2ccc(F)c(S(=O)(=O)NC3CC3)c2)nc1. The summed E-state index contributed by atoms with van der Waals surface area (Å²) in [5.74, 6) is -1.13. The number of pyridine rings is 1. The van der Waals surface area contributed by atoms with Crippen LogP contribution in [0.4, 0.5) is 10.2 Å². The number of hydrogen-bond acceptors (Lipinski definition) is 4. The number of anilines is 1. The van der Waals surface area contributed by atoms with Crippen LogP contribution in [0.15, 0.2) is 41.4 Å². The molecule has 1 aromatic heterocycles. The molecule has 1 heterocycles. The van der Waals surface area contributed by atoms with E-state index < -0.39 is 26.6 Å². The summed E-state index contributed by atoms with van der Waals surface area (Å²) < 4.78 is 40.7. The van der Waals surface area contributed by atoms with Crippen LogP contribution in [0.3, 0.4) is 0 Å². The third-order valence-corrected chi connectivity index (χ3v) is 5.07. The minimum Gasteiger partial charge on any atom is -0.307 e. The van der Waals surface area contributed by atoms with Crippen LogP contribution in [0.2, 0.25) is 0 Å². The Morgan fingerprint density at radius 1 is 1.25 bits per heavy atom. The molecule has 1 amide bonds. The minimum absolute atomic E-state index is 0.0370. The Bertz CT molecular complexity index is 878. The summed E-state index contributed by atoms with van der Waals surface area (Å²) in [6.07, 6.45) is 3.07.